The number of benzene rings is 1. The Labute approximate surface area is 107 Å². The molecule has 1 aromatic heterocycles. The van der Waals surface area contributed by atoms with E-state index in [0.29, 0.717) is 0 Å². The monoisotopic (exact) mass is 295 g/mol. The summed E-state index contributed by atoms with van der Waals surface area (Å²) < 4.78 is 4.13. The summed E-state index contributed by atoms with van der Waals surface area (Å²) >= 11 is 3.34. The zero-order chi connectivity index (χ0) is 12.4. The Hall–Kier alpha value is -1.69. The first-order valence-corrected chi connectivity index (χ1v) is 5.82. The van der Waals surface area contributed by atoms with Gasteiger partial charge in [0.05, 0.1) is 7.05 Å². The molecule has 0 saturated heterocycles. The molecule has 5 nitrogen and oxygen atoms in total. The van der Waals surface area contributed by atoms with Crippen LogP contribution in [-0.2, 0) is 7.05 Å². The molecule has 0 fully saturated rings. The van der Waals surface area contributed by atoms with Gasteiger partial charge in [-0.3, -0.25) is 0 Å². The van der Waals surface area contributed by atoms with E-state index in [1.807, 2.05) is 31.2 Å². The van der Waals surface area contributed by atoms with Crippen molar-refractivity contribution >= 4 is 27.9 Å². The Morgan fingerprint density at radius 3 is 2.59 bits per heavy atom. The lowest BCUT2D eigenvalue weighted by Gasteiger charge is -1.98. The average molecular weight is 296 g/mol. The van der Waals surface area contributed by atoms with E-state index in [1.54, 1.807) is 11.7 Å². The largest absolute Gasteiger partial charge is 0.504 e. The van der Waals surface area contributed by atoms with Gasteiger partial charge in [-0.15, -0.1) is 4.68 Å². The zero-order valence-corrected chi connectivity index (χ0v) is 11.1. The van der Waals surface area contributed by atoms with Crippen molar-refractivity contribution in [1.82, 2.24) is 15.1 Å². The maximum absolute atomic E-state index is 9.95. The van der Waals surface area contributed by atoms with Gasteiger partial charge >= 0.3 is 0 Å². The van der Waals surface area contributed by atoms with Crippen molar-refractivity contribution in [3.05, 3.63) is 40.1 Å². The highest BCUT2D eigenvalue weighted by molar-refractivity contribution is 9.10. The molecule has 0 aliphatic carbocycles. The van der Waals surface area contributed by atoms with E-state index in [0.717, 1.165) is 15.9 Å². The molecule has 2 rings (SSSR count). The number of nitrogens with zero attached hydrogens (tertiary/aromatic N) is 4. The SMILES string of the molecule is Cc1n(/C=C(\O)c2ccc(Br)cc2)nn[n+]1C. The summed E-state index contributed by atoms with van der Waals surface area (Å²) in [4.78, 5) is 0. The average Bonchev–Trinajstić information content (AvgIpc) is 2.62. The summed E-state index contributed by atoms with van der Waals surface area (Å²) in [5.41, 5.74) is 0.728. The van der Waals surface area contributed by atoms with Crippen LogP contribution in [-0.4, -0.2) is 20.2 Å². The van der Waals surface area contributed by atoms with Gasteiger partial charge in [-0.1, -0.05) is 32.7 Å². The third kappa shape index (κ3) is 2.52. The number of tetrazole rings is 1. The molecule has 0 amide bonds. The fraction of sp³-hybridized carbons (Fsp3) is 0.182. The maximum atomic E-state index is 9.95. The van der Waals surface area contributed by atoms with Crippen molar-refractivity contribution in [2.45, 2.75) is 6.92 Å². The molecule has 0 radical (unpaired) electrons. The highest BCUT2D eigenvalue weighted by Crippen LogP contribution is 2.16. The molecule has 2 aromatic rings. The van der Waals surface area contributed by atoms with Crippen LogP contribution in [0.2, 0.25) is 0 Å². The van der Waals surface area contributed by atoms with Crippen LogP contribution >= 0.6 is 15.9 Å². The van der Waals surface area contributed by atoms with Crippen LogP contribution in [0.5, 0.6) is 0 Å². The number of aliphatic hydroxyl groups is 1. The second-order valence-corrected chi connectivity index (χ2v) is 4.53. The van der Waals surface area contributed by atoms with Gasteiger partial charge in [-0.25, -0.2) is 0 Å². The first-order valence-electron chi connectivity index (χ1n) is 5.03. The molecule has 0 bridgehead atoms. The number of hydrogen-bond acceptors (Lipinski definition) is 3. The smallest absolute Gasteiger partial charge is 0.259 e. The van der Waals surface area contributed by atoms with Crippen molar-refractivity contribution in [2.24, 2.45) is 7.05 Å². The van der Waals surface area contributed by atoms with Crippen molar-refractivity contribution < 1.29 is 9.79 Å². The Kier molecular flexibility index (Phi) is 3.23. The molecule has 88 valence electrons. The minimum Gasteiger partial charge on any atom is -0.504 e. The van der Waals surface area contributed by atoms with E-state index in [1.165, 1.54) is 10.9 Å². The van der Waals surface area contributed by atoms with Gasteiger partial charge in [0.1, 0.15) is 5.21 Å². The molecule has 17 heavy (non-hydrogen) atoms. The van der Waals surface area contributed by atoms with E-state index >= 15 is 0 Å². The third-order valence-electron chi connectivity index (χ3n) is 2.45. The molecule has 0 aliphatic heterocycles. The van der Waals surface area contributed by atoms with Gasteiger partial charge in [-0.05, 0) is 12.1 Å². The predicted octanol–water partition coefficient (Wildman–Crippen LogP) is 1.69. The minimum absolute atomic E-state index is 0.145. The van der Waals surface area contributed by atoms with Crippen LogP contribution in [0, 0.1) is 6.92 Å². The lowest BCUT2D eigenvalue weighted by Crippen LogP contribution is -2.33. The lowest BCUT2D eigenvalue weighted by atomic mass is 10.2. The molecule has 1 N–H and O–H groups in total. The maximum Gasteiger partial charge on any atom is 0.259 e. The summed E-state index contributed by atoms with van der Waals surface area (Å²) in [6, 6.07) is 7.38. The van der Waals surface area contributed by atoms with E-state index in [2.05, 4.69) is 26.4 Å². The van der Waals surface area contributed by atoms with Crippen LogP contribution in [0.3, 0.4) is 0 Å². The van der Waals surface area contributed by atoms with Crippen molar-refractivity contribution in [1.29, 1.82) is 0 Å². The van der Waals surface area contributed by atoms with Gasteiger partial charge in [-0.2, -0.15) is 0 Å². The Bertz CT molecular complexity index is 559. The number of hydrogen-bond donors (Lipinski definition) is 1. The van der Waals surface area contributed by atoms with Crippen LogP contribution in [0.1, 0.15) is 11.4 Å². The van der Waals surface area contributed by atoms with Crippen molar-refractivity contribution in [3.8, 4) is 0 Å². The normalized spacial score (nSPS) is 11.8. The van der Waals surface area contributed by atoms with Crippen LogP contribution in [0.25, 0.3) is 12.0 Å². The zero-order valence-electron chi connectivity index (χ0n) is 9.50. The van der Waals surface area contributed by atoms with Gasteiger partial charge in [0.2, 0.25) is 0 Å². The van der Waals surface area contributed by atoms with Crippen LogP contribution < -0.4 is 4.68 Å². The second-order valence-electron chi connectivity index (χ2n) is 3.62. The molecular formula is C11H12BrN4O+. The van der Waals surface area contributed by atoms with E-state index < -0.39 is 0 Å². The summed E-state index contributed by atoms with van der Waals surface area (Å²) in [6.45, 7) is 1.87. The van der Waals surface area contributed by atoms with Gasteiger partial charge < -0.3 is 5.11 Å². The fourth-order valence-electron chi connectivity index (χ4n) is 1.31. The molecule has 0 aliphatic rings. The number of aliphatic hydroxyl groups excluding tert-OH is 1. The molecule has 0 spiro atoms. The Morgan fingerprint density at radius 2 is 2.06 bits per heavy atom. The lowest BCUT2D eigenvalue weighted by molar-refractivity contribution is -0.737. The van der Waals surface area contributed by atoms with Crippen LogP contribution in [0.15, 0.2) is 28.7 Å². The fourth-order valence-corrected chi connectivity index (χ4v) is 1.58. The van der Waals surface area contributed by atoms with Gasteiger partial charge in [0.25, 0.3) is 5.82 Å². The van der Waals surface area contributed by atoms with Crippen LogP contribution in [0.4, 0.5) is 0 Å². The highest BCUT2D eigenvalue weighted by atomic mass is 79.9. The number of rotatable bonds is 2. The number of aryl methyl sites for hydroxylation is 1. The molecule has 0 atom stereocenters. The Morgan fingerprint density at radius 1 is 1.41 bits per heavy atom. The van der Waals surface area contributed by atoms with E-state index in [9.17, 15) is 5.11 Å². The summed E-state index contributed by atoms with van der Waals surface area (Å²) in [5, 5.41) is 17.7. The van der Waals surface area contributed by atoms with Gasteiger partial charge in [0, 0.05) is 17.0 Å². The van der Waals surface area contributed by atoms with Crippen molar-refractivity contribution in [2.75, 3.05) is 0 Å². The van der Waals surface area contributed by atoms with Gasteiger partial charge in [0.15, 0.2) is 17.2 Å². The van der Waals surface area contributed by atoms with E-state index in [-0.39, 0.29) is 5.76 Å². The minimum atomic E-state index is 0.145. The topological polar surface area (TPSA) is 54.8 Å². The standard InChI is InChI=1S/C11H11BrN4O/c1-8-15(2)13-14-16(8)7-11(17)9-3-5-10(12)6-4-9/h3-7H,1-2H3/p+1/b11-7-. The molecule has 0 unspecified atom stereocenters. The first-order chi connectivity index (χ1) is 8.08. The predicted molar refractivity (Wildman–Crippen MR) is 66.9 cm³/mol. The summed E-state index contributed by atoms with van der Waals surface area (Å²) in [6.07, 6.45) is 1.53. The third-order valence-corrected chi connectivity index (χ3v) is 2.98. The summed E-state index contributed by atoms with van der Waals surface area (Å²) in [7, 11) is 1.79. The second kappa shape index (κ2) is 4.67. The number of aromatic nitrogens is 4. The van der Waals surface area contributed by atoms with E-state index in [4.69, 9.17) is 0 Å². The highest BCUT2D eigenvalue weighted by Gasteiger charge is 2.12. The Balaban J connectivity index is 2.34. The number of halogens is 1. The molecule has 6 heteroatoms. The summed E-state index contributed by atoms with van der Waals surface area (Å²) in [5.74, 6) is 0.972. The van der Waals surface area contributed by atoms with Crippen molar-refractivity contribution in [3.63, 3.8) is 0 Å². The molecule has 0 saturated carbocycles. The molecule has 1 aromatic carbocycles. The molecular weight excluding hydrogens is 284 g/mol. The quantitative estimate of drug-likeness (QED) is 0.678. The molecule has 1 heterocycles. The first kappa shape index (κ1) is 11.8.